The molecule has 2 heteroatoms. The smallest absolute Gasteiger partial charge is 0.305 e. The van der Waals surface area contributed by atoms with Crippen LogP contribution in [0.4, 0.5) is 0 Å². The molecule has 0 aromatic rings. The van der Waals surface area contributed by atoms with Crippen molar-refractivity contribution < 1.29 is 9.53 Å². The molecule has 0 saturated heterocycles. The predicted octanol–water partition coefficient (Wildman–Crippen LogP) is 5.19. The molecule has 0 aliphatic heterocycles. The number of hydrogen-bond acceptors (Lipinski definition) is 2. The molecule has 0 saturated carbocycles. The zero-order chi connectivity index (χ0) is 14.2. The van der Waals surface area contributed by atoms with Gasteiger partial charge >= 0.3 is 5.97 Å². The molecule has 0 fully saturated rings. The molecular formula is C17H30O2. The molecule has 0 spiro atoms. The maximum atomic E-state index is 10.9. The summed E-state index contributed by atoms with van der Waals surface area (Å²) in [5.74, 6) is -0.0812. The number of carbonyl (C=O) groups is 1. The molecule has 110 valence electrons. The average Bonchev–Trinajstić information content (AvgIpc) is 2.43. The van der Waals surface area contributed by atoms with Crippen LogP contribution in [0, 0.1) is 0 Å². The van der Waals surface area contributed by atoms with Gasteiger partial charge in [0, 0.05) is 6.42 Å². The Hall–Kier alpha value is -1.05. The van der Waals surface area contributed by atoms with Gasteiger partial charge in [-0.1, -0.05) is 56.9 Å². The van der Waals surface area contributed by atoms with Gasteiger partial charge in [0.15, 0.2) is 0 Å². The van der Waals surface area contributed by atoms with Crippen molar-refractivity contribution in [3.63, 3.8) is 0 Å². The second-order valence-corrected chi connectivity index (χ2v) is 4.82. The van der Waals surface area contributed by atoms with Gasteiger partial charge in [-0.2, -0.15) is 0 Å². The fourth-order valence-corrected chi connectivity index (χ4v) is 1.90. The summed E-state index contributed by atoms with van der Waals surface area (Å²) in [7, 11) is 1.45. The molecule has 0 aromatic heterocycles. The third-order valence-corrected chi connectivity index (χ3v) is 3.07. The van der Waals surface area contributed by atoms with Gasteiger partial charge in [-0.05, 0) is 32.1 Å². The minimum Gasteiger partial charge on any atom is -0.469 e. The fraction of sp³-hybridized carbons (Fsp3) is 0.706. The van der Waals surface area contributed by atoms with Crippen molar-refractivity contribution in [2.45, 2.75) is 71.1 Å². The molecule has 0 radical (unpaired) electrons. The van der Waals surface area contributed by atoms with E-state index in [1.165, 1.54) is 39.2 Å². The summed E-state index contributed by atoms with van der Waals surface area (Å²) >= 11 is 0. The molecule has 0 unspecified atom stereocenters. The Morgan fingerprint density at radius 2 is 1.53 bits per heavy atom. The van der Waals surface area contributed by atoms with E-state index >= 15 is 0 Å². The molecule has 0 N–H and O–H groups in total. The zero-order valence-corrected chi connectivity index (χ0v) is 12.7. The first-order valence-electron chi connectivity index (χ1n) is 7.68. The van der Waals surface area contributed by atoms with E-state index in [4.69, 9.17) is 0 Å². The zero-order valence-electron chi connectivity index (χ0n) is 12.7. The van der Waals surface area contributed by atoms with Gasteiger partial charge < -0.3 is 4.74 Å². The van der Waals surface area contributed by atoms with Crippen LogP contribution in [0.3, 0.4) is 0 Å². The Bertz CT molecular complexity index is 254. The lowest BCUT2D eigenvalue weighted by atomic mass is 10.1. The summed E-state index contributed by atoms with van der Waals surface area (Å²) in [5.41, 5.74) is 0. The van der Waals surface area contributed by atoms with E-state index in [1.807, 2.05) is 0 Å². The number of rotatable bonds is 12. The third-order valence-electron chi connectivity index (χ3n) is 3.07. The van der Waals surface area contributed by atoms with Crippen molar-refractivity contribution in [1.29, 1.82) is 0 Å². The lowest BCUT2D eigenvalue weighted by Crippen LogP contribution is -1.99. The van der Waals surface area contributed by atoms with E-state index in [0.717, 1.165) is 25.7 Å². The first-order chi connectivity index (χ1) is 9.31. The van der Waals surface area contributed by atoms with Gasteiger partial charge in [-0.25, -0.2) is 0 Å². The lowest BCUT2D eigenvalue weighted by Gasteiger charge is -2.00. The summed E-state index contributed by atoms with van der Waals surface area (Å²) in [4.78, 5) is 10.9. The Kier molecular flexibility index (Phi) is 14.2. The minimum atomic E-state index is -0.0812. The van der Waals surface area contributed by atoms with Gasteiger partial charge in [0.05, 0.1) is 7.11 Å². The summed E-state index contributed by atoms with van der Waals surface area (Å²) < 4.78 is 4.61. The topological polar surface area (TPSA) is 26.3 Å². The first kappa shape index (κ1) is 17.9. The molecule has 0 aliphatic carbocycles. The molecule has 0 bridgehead atoms. The molecule has 0 atom stereocenters. The summed E-state index contributed by atoms with van der Waals surface area (Å²) in [6, 6.07) is 0. The normalized spacial score (nSPS) is 11.5. The highest BCUT2D eigenvalue weighted by molar-refractivity contribution is 5.68. The van der Waals surface area contributed by atoms with Crippen LogP contribution in [0.25, 0.3) is 0 Å². The highest BCUT2D eigenvalue weighted by Gasteiger charge is 1.98. The quantitative estimate of drug-likeness (QED) is 0.276. The number of hydrogen-bond donors (Lipinski definition) is 0. The van der Waals surface area contributed by atoms with E-state index in [9.17, 15) is 4.79 Å². The van der Waals surface area contributed by atoms with Crippen molar-refractivity contribution in [1.82, 2.24) is 0 Å². The van der Waals surface area contributed by atoms with Crippen LogP contribution in [-0.2, 0) is 9.53 Å². The van der Waals surface area contributed by atoms with Gasteiger partial charge in [-0.15, -0.1) is 0 Å². The van der Waals surface area contributed by atoms with Crippen LogP contribution in [0.1, 0.15) is 71.1 Å². The molecule has 2 nitrogen and oxygen atoms in total. The number of ether oxygens (including phenoxy) is 1. The van der Waals surface area contributed by atoms with Crippen molar-refractivity contribution in [2.24, 2.45) is 0 Å². The number of esters is 1. The van der Waals surface area contributed by atoms with Crippen LogP contribution >= 0.6 is 0 Å². The Labute approximate surface area is 118 Å². The largest absolute Gasteiger partial charge is 0.469 e. The molecule has 0 aromatic carbocycles. The van der Waals surface area contributed by atoms with Crippen LogP contribution in [-0.4, -0.2) is 13.1 Å². The van der Waals surface area contributed by atoms with E-state index < -0.39 is 0 Å². The van der Waals surface area contributed by atoms with E-state index in [1.54, 1.807) is 0 Å². The maximum absolute atomic E-state index is 10.9. The van der Waals surface area contributed by atoms with Crippen LogP contribution in [0.2, 0.25) is 0 Å². The summed E-state index contributed by atoms with van der Waals surface area (Å²) in [6.07, 6.45) is 20.2. The minimum absolute atomic E-state index is 0.0812. The van der Waals surface area contributed by atoms with Gasteiger partial charge in [0.25, 0.3) is 0 Å². The molecule has 19 heavy (non-hydrogen) atoms. The molecule has 0 heterocycles. The molecule has 0 aliphatic rings. The third kappa shape index (κ3) is 14.9. The number of methoxy groups -OCH3 is 1. The standard InChI is InChI=1S/C17H30O2/c1-3-4-5-6-7-8-9-10-11-12-13-14-15-16-17(18)19-2/h4-5,7-8H,3,6,9-16H2,1-2H3/b5-4-,8-7-. The molecular weight excluding hydrogens is 236 g/mol. The monoisotopic (exact) mass is 266 g/mol. The van der Waals surface area contributed by atoms with Crippen LogP contribution in [0.15, 0.2) is 24.3 Å². The lowest BCUT2D eigenvalue weighted by molar-refractivity contribution is -0.140. The molecule has 0 amide bonds. The van der Waals surface area contributed by atoms with E-state index in [0.29, 0.717) is 6.42 Å². The Morgan fingerprint density at radius 3 is 2.21 bits per heavy atom. The van der Waals surface area contributed by atoms with Crippen molar-refractivity contribution in [3.05, 3.63) is 24.3 Å². The second kappa shape index (κ2) is 15.0. The van der Waals surface area contributed by atoms with Crippen LogP contribution < -0.4 is 0 Å². The highest BCUT2D eigenvalue weighted by atomic mass is 16.5. The second-order valence-electron chi connectivity index (χ2n) is 4.82. The van der Waals surface area contributed by atoms with Crippen molar-refractivity contribution in [2.75, 3.05) is 7.11 Å². The van der Waals surface area contributed by atoms with Gasteiger partial charge in [0.2, 0.25) is 0 Å². The SMILES string of the molecule is CC/C=C\C/C=C\CCCCCCCCC(=O)OC. The summed E-state index contributed by atoms with van der Waals surface area (Å²) in [6.45, 7) is 2.16. The van der Waals surface area contributed by atoms with Crippen molar-refractivity contribution >= 4 is 5.97 Å². The maximum Gasteiger partial charge on any atom is 0.305 e. The van der Waals surface area contributed by atoms with E-state index in [-0.39, 0.29) is 5.97 Å². The number of carbonyl (C=O) groups excluding carboxylic acids is 1. The van der Waals surface area contributed by atoms with Gasteiger partial charge in [0.1, 0.15) is 0 Å². The number of unbranched alkanes of at least 4 members (excludes halogenated alkanes) is 6. The van der Waals surface area contributed by atoms with Gasteiger partial charge in [-0.3, -0.25) is 4.79 Å². The Balaban J connectivity index is 3.14. The highest BCUT2D eigenvalue weighted by Crippen LogP contribution is 2.09. The Morgan fingerprint density at radius 1 is 0.895 bits per heavy atom. The molecule has 0 rings (SSSR count). The van der Waals surface area contributed by atoms with Crippen molar-refractivity contribution in [3.8, 4) is 0 Å². The fourth-order valence-electron chi connectivity index (χ4n) is 1.90. The first-order valence-corrected chi connectivity index (χ1v) is 7.68. The summed E-state index contributed by atoms with van der Waals surface area (Å²) in [5, 5.41) is 0. The van der Waals surface area contributed by atoms with E-state index in [2.05, 4.69) is 36.0 Å². The average molecular weight is 266 g/mol. The number of allylic oxidation sites excluding steroid dienone is 4. The van der Waals surface area contributed by atoms with Crippen LogP contribution in [0.5, 0.6) is 0 Å². The predicted molar refractivity (Wildman–Crippen MR) is 82.1 cm³/mol.